The number of fused-ring (bicyclic) bond motifs is 2. The molecule has 4 heterocycles. The average Bonchev–Trinajstić information content (AvgIpc) is 3.75. The number of hydrogen-bond donors (Lipinski definition) is 1. The van der Waals surface area contributed by atoms with Gasteiger partial charge in [0.1, 0.15) is 17.1 Å². The third-order valence-corrected chi connectivity index (χ3v) is 8.40. The number of piperidine rings is 1. The topological polar surface area (TPSA) is 92.3 Å². The monoisotopic (exact) mass is 532 g/mol. The number of anilines is 1. The van der Waals surface area contributed by atoms with Gasteiger partial charge in [-0.25, -0.2) is 9.78 Å². The zero-order chi connectivity index (χ0) is 25.3. The molecule has 0 bridgehead atoms. The summed E-state index contributed by atoms with van der Waals surface area (Å²) in [6, 6.07) is 7.75. The Morgan fingerprint density at radius 3 is 2.51 bits per heavy atom. The molecule has 7 rings (SSSR count). The summed E-state index contributed by atoms with van der Waals surface area (Å²) >= 11 is 12.9. The Morgan fingerprint density at radius 1 is 1.05 bits per heavy atom. The summed E-state index contributed by atoms with van der Waals surface area (Å²) in [5, 5.41) is 16.3. The molecule has 1 aromatic carbocycles. The molecular weight excluding hydrogens is 511 g/mol. The zero-order valence-corrected chi connectivity index (χ0v) is 21.2. The Morgan fingerprint density at radius 2 is 1.81 bits per heavy atom. The summed E-state index contributed by atoms with van der Waals surface area (Å²) in [7, 11) is 0. The number of rotatable bonds is 6. The highest BCUT2D eigenvalue weighted by Gasteiger charge is 2.54. The van der Waals surface area contributed by atoms with Gasteiger partial charge in [-0.15, -0.1) is 0 Å². The molecule has 3 aliphatic rings. The van der Waals surface area contributed by atoms with Gasteiger partial charge < -0.3 is 14.5 Å². The maximum Gasteiger partial charge on any atom is 0.354 e. The summed E-state index contributed by atoms with van der Waals surface area (Å²) in [5.41, 5.74) is 3.52. The number of pyridine rings is 2. The van der Waals surface area contributed by atoms with Crippen molar-refractivity contribution in [1.82, 2.24) is 15.1 Å². The van der Waals surface area contributed by atoms with Crippen molar-refractivity contribution < 1.29 is 14.4 Å². The molecule has 1 aliphatic heterocycles. The van der Waals surface area contributed by atoms with Crippen LogP contribution in [0.15, 0.2) is 53.5 Å². The SMILES string of the molecule is O=C(O)c1cc2ccc(N3CC4C(/C=C/c5c(-c6c(Cl)cncc6Cl)noc5C5CC5)C4C3)cc2cn1. The van der Waals surface area contributed by atoms with Crippen LogP contribution in [0.2, 0.25) is 10.0 Å². The van der Waals surface area contributed by atoms with E-state index in [9.17, 15) is 9.90 Å². The minimum atomic E-state index is -1.01. The fourth-order valence-electron chi connectivity index (χ4n) is 5.65. The Kier molecular flexibility index (Phi) is 5.27. The number of allylic oxidation sites excluding steroid dienone is 1. The first kappa shape index (κ1) is 22.8. The van der Waals surface area contributed by atoms with E-state index in [0.717, 1.165) is 53.7 Å². The molecule has 3 aromatic heterocycles. The van der Waals surface area contributed by atoms with E-state index in [1.807, 2.05) is 6.07 Å². The standard InChI is InChI=1S/C28H22Cl2N4O3/c29-22-10-31-11-23(30)25(22)26-19(27(37-33-26)14-1-2-14)6-5-18-20-12-34(13-21(18)20)17-4-3-15-8-24(28(35)36)32-9-16(15)7-17/h3-11,14,18,20-21H,1-2,12-13H2,(H,35,36)/b6-5+. The summed E-state index contributed by atoms with van der Waals surface area (Å²) in [4.78, 5) is 21.7. The highest BCUT2D eigenvalue weighted by molar-refractivity contribution is 6.39. The van der Waals surface area contributed by atoms with Crippen molar-refractivity contribution in [3.05, 3.63) is 76.0 Å². The number of carbonyl (C=O) groups is 1. The molecule has 9 heteroatoms. The van der Waals surface area contributed by atoms with Crippen molar-refractivity contribution in [3.8, 4) is 11.3 Å². The number of benzene rings is 1. The largest absolute Gasteiger partial charge is 0.477 e. The van der Waals surface area contributed by atoms with E-state index < -0.39 is 5.97 Å². The molecule has 2 atom stereocenters. The van der Waals surface area contributed by atoms with E-state index in [1.54, 1.807) is 24.7 Å². The molecule has 0 amide bonds. The van der Waals surface area contributed by atoms with Gasteiger partial charge in [-0.05, 0) is 54.2 Å². The van der Waals surface area contributed by atoms with E-state index in [0.29, 0.717) is 45.0 Å². The maximum atomic E-state index is 11.2. The molecule has 186 valence electrons. The predicted molar refractivity (Wildman–Crippen MR) is 142 cm³/mol. The molecule has 37 heavy (non-hydrogen) atoms. The average molecular weight is 533 g/mol. The van der Waals surface area contributed by atoms with Crippen molar-refractivity contribution in [2.45, 2.75) is 18.8 Å². The molecular formula is C28H22Cl2N4O3. The number of halogens is 2. The molecule has 2 saturated carbocycles. The lowest BCUT2D eigenvalue weighted by atomic mass is 10.0. The van der Waals surface area contributed by atoms with E-state index in [1.165, 1.54) is 0 Å². The number of nitrogens with zero attached hydrogens (tertiary/aromatic N) is 4. The van der Waals surface area contributed by atoms with Crippen LogP contribution >= 0.6 is 23.2 Å². The van der Waals surface area contributed by atoms with Crippen molar-refractivity contribution in [2.75, 3.05) is 18.0 Å². The van der Waals surface area contributed by atoms with Crippen LogP contribution in [0.3, 0.4) is 0 Å². The van der Waals surface area contributed by atoms with Crippen molar-refractivity contribution >= 4 is 51.7 Å². The van der Waals surface area contributed by atoms with Crippen LogP contribution in [0.4, 0.5) is 5.69 Å². The van der Waals surface area contributed by atoms with Gasteiger partial charge in [-0.2, -0.15) is 0 Å². The number of carboxylic acids is 1. The van der Waals surface area contributed by atoms with E-state index in [-0.39, 0.29) is 5.69 Å². The molecule has 1 N–H and O–H groups in total. The van der Waals surface area contributed by atoms with Crippen LogP contribution in [0.5, 0.6) is 0 Å². The van der Waals surface area contributed by atoms with Gasteiger partial charge in [0.25, 0.3) is 0 Å². The maximum absolute atomic E-state index is 11.2. The second-order valence-electron chi connectivity index (χ2n) is 10.1. The first-order chi connectivity index (χ1) is 18.0. The number of aromatic carboxylic acids is 1. The normalized spacial score (nSPS) is 22.6. The summed E-state index contributed by atoms with van der Waals surface area (Å²) in [5.74, 6) is 2.01. The Bertz CT molecular complexity index is 1560. The molecule has 4 aromatic rings. The van der Waals surface area contributed by atoms with Crippen LogP contribution in [-0.4, -0.2) is 39.3 Å². The first-order valence-electron chi connectivity index (χ1n) is 12.3. The van der Waals surface area contributed by atoms with Crippen molar-refractivity contribution in [2.24, 2.45) is 17.8 Å². The lowest BCUT2D eigenvalue weighted by Crippen LogP contribution is -2.23. The zero-order valence-electron chi connectivity index (χ0n) is 19.6. The highest BCUT2D eigenvalue weighted by atomic mass is 35.5. The van der Waals surface area contributed by atoms with Gasteiger partial charge in [0.05, 0.1) is 10.0 Å². The van der Waals surface area contributed by atoms with Crippen LogP contribution in [0.1, 0.15) is 40.6 Å². The second-order valence-corrected chi connectivity index (χ2v) is 11.0. The number of hydrogen-bond acceptors (Lipinski definition) is 6. The molecule has 3 fully saturated rings. The minimum Gasteiger partial charge on any atom is -0.477 e. The van der Waals surface area contributed by atoms with E-state index in [2.05, 4.69) is 44.3 Å². The summed E-state index contributed by atoms with van der Waals surface area (Å²) in [6.07, 6.45) is 11.5. The summed E-state index contributed by atoms with van der Waals surface area (Å²) in [6.45, 7) is 1.97. The van der Waals surface area contributed by atoms with Gasteiger partial charge in [0, 0.05) is 59.8 Å². The molecule has 0 spiro atoms. The third-order valence-electron chi connectivity index (χ3n) is 7.83. The van der Waals surface area contributed by atoms with Crippen molar-refractivity contribution in [1.29, 1.82) is 0 Å². The molecule has 0 radical (unpaired) electrons. The fraction of sp³-hybridized carbons (Fsp3) is 0.286. The quantitative estimate of drug-likeness (QED) is 0.300. The molecule has 2 unspecified atom stereocenters. The summed E-state index contributed by atoms with van der Waals surface area (Å²) < 4.78 is 5.78. The second kappa shape index (κ2) is 8.57. The fourth-order valence-corrected chi connectivity index (χ4v) is 6.19. The number of carboxylic acid groups (broad SMARTS) is 1. The smallest absolute Gasteiger partial charge is 0.354 e. The Hall–Kier alpha value is -3.42. The van der Waals surface area contributed by atoms with Gasteiger partial charge in [0.15, 0.2) is 0 Å². The van der Waals surface area contributed by atoms with Crippen molar-refractivity contribution in [3.63, 3.8) is 0 Å². The van der Waals surface area contributed by atoms with Crippen LogP contribution in [0, 0.1) is 17.8 Å². The predicted octanol–water partition coefficient (Wildman–Crippen LogP) is 6.56. The van der Waals surface area contributed by atoms with E-state index >= 15 is 0 Å². The van der Waals surface area contributed by atoms with Crippen LogP contribution in [0.25, 0.3) is 28.1 Å². The Balaban J connectivity index is 1.09. The highest BCUT2D eigenvalue weighted by Crippen LogP contribution is 2.54. The lowest BCUT2D eigenvalue weighted by molar-refractivity contribution is 0.0690. The molecule has 7 nitrogen and oxygen atoms in total. The molecule has 2 aliphatic carbocycles. The first-order valence-corrected chi connectivity index (χ1v) is 13.1. The minimum absolute atomic E-state index is 0.0617. The van der Waals surface area contributed by atoms with E-state index in [4.69, 9.17) is 27.7 Å². The van der Waals surface area contributed by atoms with Crippen LogP contribution < -0.4 is 4.90 Å². The van der Waals surface area contributed by atoms with Gasteiger partial charge in [-0.1, -0.05) is 46.6 Å². The number of aromatic nitrogens is 3. The van der Waals surface area contributed by atoms with Crippen LogP contribution in [-0.2, 0) is 0 Å². The molecule has 1 saturated heterocycles. The van der Waals surface area contributed by atoms with Gasteiger partial charge in [-0.3, -0.25) is 4.98 Å². The Labute approximate surface area is 222 Å². The van der Waals surface area contributed by atoms with Gasteiger partial charge >= 0.3 is 5.97 Å². The third kappa shape index (κ3) is 3.97. The van der Waals surface area contributed by atoms with Gasteiger partial charge in [0.2, 0.25) is 0 Å². The lowest BCUT2D eigenvalue weighted by Gasteiger charge is -2.22.